The van der Waals surface area contributed by atoms with Gasteiger partial charge >= 0.3 is 5.97 Å². The third kappa shape index (κ3) is 6.69. The Hall–Kier alpha value is -2.28. The zero-order chi connectivity index (χ0) is 25.4. The maximum absolute atomic E-state index is 13.5. The summed E-state index contributed by atoms with van der Waals surface area (Å²) in [5.41, 5.74) is 0.944. The van der Waals surface area contributed by atoms with Gasteiger partial charge < -0.3 is 19.5 Å². The van der Waals surface area contributed by atoms with Crippen LogP contribution in [-0.2, 0) is 9.59 Å². The summed E-state index contributed by atoms with van der Waals surface area (Å²) in [6.07, 6.45) is 6.88. The number of fused-ring (bicyclic) bond motifs is 1. The van der Waals surface area contributed by atoms with Gasteiger partial charge in [0.15, 0.2) is 11.5 Å². The van der Waals surface area contributed by atoms with Gasteiger partial charge in [0, 0.05) is 31.6 Å². The number of hydrogen-bond acceptors (Lipinski definition) is 5. The smallest absolute Gasteiger partial charge is 0.308 e. The van der Waals surface area contributed by atoms with Crippen LogP contribution in [0.25, 0.3) is 0 Å². The van der Waals surface area contributed by atoms with Gasteiger partial charge in [0.1, 0.15) is 0 Å². The second-order valence-electron chi connectivity index (χ2n) is 10.1. The van der Waals surface area contributed by atoms with Crippen LogP contribution in [0, 0.1) is 11.8 Å². The lowest BCUT2D eigenvalue weighted by Gasteiger charge is -2.31. The summed E-state index contributed by atoms with van der Waals surface area (Å²) in [7, 11) is 0. The number of likely N-dealkylation sites (tertiary alicyclic amines) is 1. The van der Waals surface area contributed by atoms with E-state index in [9.17, 15) is 14.7 Å². The summed E-state index contributed by atoms with van der Waals surface area (Å²) >= 11 is 0. The van der Waals surface area contributed by atoms with Gasteiger partial charge in [0.25, 0.3) is 0 Å². The van der Waals surface area contributed by atoms with Gasteiger partial charge in [0.2, 0.25) is 12.7 Å². The third-order valence-corrected chi connectivity index (χ3v) is 7.84. The molecule has 2 aliphatic heterocycles. The van der Waals surface area contributed by atoms with Crippen molar-refractivity contribution in [3.05, 3.63) is 23.8 Å². The van der Waals surface area contributed by atoms with Crippen LogP contribution in [0.1, 0.15) is 84.1 Å². The molecule has 1 saturated heterocycles. The molecule has 1 N–H and O–H groups in total. The van der Waals surface area contributed by atoms with E-state index in [-0.39, 0.29) is 31.2 Å². The number of carbonyl (C=O) groups is 2. The molecule has 0 aliphatic carbocycles. The summed E-state index contributed by atoms with van der Waals surface area (Å²) in [5.74, 6) is 0.373. The van der Waals surface area contributed by atoms with E-state index in [0.29, 0.717) is 24.0 Å². The van der Waals surface area contributed by atoms with Crippen LogP contribution in [0.3, 0.4) is 0 Å². The van der Waals surface area contributed by atoms with Gasteiger partial charge in [-0.3, -0.25) is 14.5 Å². The molecule has 0 spiro atoms. The van der Waals surface area contributed by atoms with Crippen molar-refractivity contribution in [1.29, 1.82) is 0 Å². The lowest BCUT2D eigenvalue weighted by molar-refractivity contribution is -0.144. The highest BCUT2D eigenvalue weighted by Crippen LogP contribution is 2.43. The van der Waals surface area contributed by atoms with E-state index >= 15 is 0 Å². The molecule has 7 nitrogen and oxygen atoms in total. The minimum Gasteiger partial charge on any atom is -0.481 e. The van der Waals surface area contributed by atoms with E-state index in [2.05, 4.69) is 32.6 Å². The number of unbranched alkanes of at least 4 members (excludes halogenated alkanes) is 2. The van der Waals surface area contributed by atoms with Crippen molar-refractivity contribution in [2.45, 2.75) is 84.6 Å². The van der Waals surface area contributed by atoms with E-state index < -0.39 is 11.9 Å². The normalized spacial score (nSPS) is 21.6. The molecule has 196 valence electrons. The number of carboxylic acids is 1. The number of hydrogen-bond donors (Lipinski definition) is 1. The maximum Gasteiger partial charge on any atom is 0.308 e. The summed E-state index contributed by atoms with van der Waals surface area (Å²) in [6.45, 7) is 11.2. The average molecular weight is 489 g/mol. The maximum atomic E-state index is 13.5. The van der Waals surface area contributed by atoms with E-state index in [0.717, 1.165) is 63.6 Å². The van der Waals surface area contributed by atoms with Gasteiger partial charge in [-0.1, -0.05) is 59.4 Å². The molecule has 3 atom stereocenters. The minimum absolute atomic E-state index is 0.122. The average Bonchev–Trinajstić information content (AvgIpc) is 3.46. The number of carboxylic acid groups (broad SMARTS) is 1. The molecule has 1 fully saturated rings. The van der Waals surface area contributed by atoms with Crippen molar-refractivity contribution in [2.75, 3.05) is 33.0 Å². The van der Waals surface area contributed by atoms with E-state index in [1.165, 1.54) is 0 Å². The molecule has 1 aromatic carbocycles. The zero-order valence-electron chi connectivity index (χ0n) is 22.0. The second kappa shape index (κ2) is 13.1. The molecule has 0 radical (unpaired) electrons. The van der Waals surface area contributed by atoms with Crippen molar-refractivity contribution >= 4 is 11.9 Å². The number of ether oxygens (including phenoxy) is 2. The molecule has 0 bridgehead atoms. The van der Waals surface area contributed by atoms with Crippen LogP contribution in [0.15, 0.2) is 18.2 Å². The topological polar surface area (TPSA) is 79.3 Å². The number of benzene rings is 1. The summed E-state index contributed by atoms with van der Waals surface area (Å²) < 4.78 is 11.0. The SMILES string of the molecule is CCCCN(CCCC)C(=O)CN1CC(c2ccc3c(c2)OCO3)C(C(=O)O)C1CC(CC)CC. The molecular weight excluding hydrogens is 444 g/mol. The Morgan fingerprint density at radius 2 is 1.71 bits per heavy atom. The van der Waals surface area contributed by atoms with Crippen LogP contribution in [-0.4, -0.2) is 65.8 Å². The molecule has 2 aliphatic rings. The summed E-state index contributed by atoms with van der Waals surface area (Å²) in [4.78, 5) is 30.3. The van der Waals surface area contributed by atoms with Crippen LogP contribution < -0.4 is 9.47 Å². The predicted molar refractivity (Wildman–Crippen MR) is 137 cm³/mol. The molecule has 2 heterocycles. The predicted octanol–water partition coefficient (Wildman–Crippen LogP) is 5.14. The lowest BCUT2D eigenvalue weighted by atomic mass is 9.81. The largest absolute Gasteiger partial charge is 0.481 e. The quantitative estimate of drug-likeness (QED) is 0.391. The molecule has 3 rings (SSSR count). The first-order chi connectivity index (χ1) is 16.9. The Morgan fingerprint density at radius 1 is 1.06 bits per heavy atom. The molecule has 1 aromatic rings. The standard InChI is InChI=1S/C28H44N2O5/c1-5-9-13-29(14-10-6-2)26(31)18-30-17-22(21-11-12-24-25(16-21)35-19-34-24)27(28(32)33)23(30)15-20(7-3)8-4/h11-12,16,20,22-23,27H,5-10,13-15,17-19H2,1-4H3,(H,32,33). The molecule has 1 amide bonds. The number of carbonyl (C=O) groups excluding carboxylic acids is 1. The number of amides is 1. The fourth-order valence-corrected chi connectivity index (χ4v) is 5.56. The lowest BCUT2D eigenvalue weighted by Crippen LogP contribution is -2.45. The first-order valence-electron chi connectivity index (χ1n) is 13.6. The zero-order valence-corrected chi connectivity index (χ0v) is 22.0. The third-order valence-electron chi connectivity index (χ3n) is 7.84. The van der Waals surface area contributed by atoms with Crippen molar-refractivity contribution in [3.8, 4) is 11.5 Å². The Labute approximate surface area is 210 Å². The second-order valence-corrected chi connectivity index (χ2v) is 10.1. The fourth-order valence-electron chi connectivity index (χ4n) is 5.56. The van der Waals surface area contributed by atoms with Crippen LogP contribution in [0.4, 0.5) is 0 Å². The van der Waals surface area contributed by atoms with E-state index in [1.54, 1.807) is 0 Å². The van der Waals surface area contributed by atoms with Crippen molar-refractivity contribution in [2.24, 2.45) is 11.8 Å². The number of nitrogens with zero attached hydrogens (tertiary/aromatic N) is 2. The molecule has 7 heteroatoms. The molecule has 0 aromatic heterocycles. The van der Waals surface area contributed by atoms with Gasteiger partial charge in [-0.2, -0.15) is 0 Å². The molecule has 35 heavy (non-hydrogen) atoms. The number of rotatable bonds is 14. The van der Waals surface area contributed by atoms with Gasteiger partial charge in [-0.25, -0.2) is 0 Å². The van der Waals surface area contributed by atoms with Gasteiger partial charge in [-0.05, 0) is 42.9 Å². The minimum atomic E-state index is -0.785. The van der Waals surface area contributed by atoms with Gasteiger partial charge in [-0.15, -0.1) is 0 Å². The van der Waals surface area contributed by atoms with Crippen LogP contribution >= 0.6 is 0 Å². The first-order valence-corrected chi connectivity index (χ1v) is 13.6. The summed E-state index contributed by atoms with van der Waals surface area (Å²) in [6, 6.07) is 5.59. The molecule has 3 unspecified atom stereocenters. The van der Waals surface area contributed by atoms with Crippen molar-refractivity contribution in [3.63, 3.8) is 0 Å². The van der Waals surface area contributed by atoms with E-state index in [4.69, 9.17) is 9.47 Å². The molecular formula is C28H44N2O5. The highest BCUT2D eigenvalue weighted by Gasteiger charge is 2.47. The monoisotopic (exact) mass is 488 g/mol. The van der Waals surface area contributed by atoms with Gasteiger partial charge in [0.05, 0.1) is 12.5 Å². The molecule has 0 saturated carbocycles. The first kappa shape index (κ1) is 27.3. The highest BCUT2D eigenvalue weighted by atomic mass is 16.7. The van der Waals surface area contributed by atoms with Crippen molar-refractivity contribution < 1.29 is 24.2 Å². The Kier molecular flexibility index (Phi) is 10.3. The Balaban J connectivity index is 1.88. The fraction of sp³-hybridized carbons (Fsp3) is 0.714. The van der Waals surface area contributed by atoms with E-state index in [1.807, 2.05) is 23.1 Å². The van der Waals surface area contributed by atoms with Crippen molar-refractivity contribution in [1.82, 2.24) is 9.80 Å². The highest BCUT2D eigenvalue weighted by molar-refractivity contribution is 5.79. The van der Waals surface area contributed by atoms with Crippen LogP contribution in [0.2, 0.25) is 0 Å². The summed E-state index contributed by atoms with van der Waals surface area (Å²) in [5, 5.41) is 10.4. The Morgan fingerprint density at radius 3 is 2.31 bits per heavy atom. The number of aliphatic carboxylic acids is 1. The van der Waals surface area contributed by atoms with Crippen LogP contribution in [0.5, 0.6) is 11.5 Å². The Bertz CT molecular complexity index is 833.